The van der Waals surface area contributed by atoms with Crippen molar-refractivity contribution in [1.29, 1.82) is 0 Å². The summed E-state index contributed by atoms with van der Waals surface area (Å²) < 4.78 is 1.12. The number of hydrogen-bond acceptors (Lipinski definition) is 3. The van der Waals surface area contributed by atoms with Crippen molar-refractivity contribution in [3.05, 3.63) is 22.2 Å². The maximum Gasteiger partial charge on any atom is 0.0515 e. The smallest absolute Gasteiger partial charge is 0.0515 e. The molecule has 1 saturated carbocycles. The number of hydrogen-bond donors (Lipinski definition) is 1. The number of piperazine rings is 1. The molecule has 1 aromatic rings. The molecule has 1 saturated heterocycles. The Labute approximate surface area is 117 Å². The fraction of sp³-hybridized carbons (Fsp3) is 0.571. The lowest BCUT2D eigenvalue weighted by Gasteiger charge is -2.36. The first-order valence-corrected chi connectivity index (χ1v) is 7.49. The summed E-state index contributed by atoms with van der Waals surface area (Å²) in [6.07, 6.45) is 2.81. The molecule has 2 N–H and O–H groups in total. The van der Waals surface area contributed by atoms with Crippen LogP contribution < -0.4 is 10.6 Å². The number of halogens is 1. The van der Waals surface area contributed by atoms with Crippen molar-refractivity contribution in [3.8, 4) is 0 Å². The Morgan fingerprint density at radius 3 is 2.44 bits per heavy atom. The highest BCUT2D eigenvalue weighted by Gasteiger charge is 2.31. The highest BCUT2D eigenvalue weighted by molar-refractivity contribution is 9.10. The molecule has 3 nitrogen and oxygen atoms in total. The molecule has 4 heteroatoms. The molecule has 1 aromatic carbocycles. The summed E-state index contributed by atoms with van der Waals surface area (Å²) in [7, 11) is 0. The van der Waals surface area contributed by atoms with Crippen molar-refractivity contribution >= 4 is 27.3 Å². The molecule has 0 bridgehead atoms. The van der Waals surface area contributed by atoms with E-state index in [9.17, 15) is 0 Å². The van der Waals surface area contributed by atoms with Crippen molar-refractivity contribution in [2.75, 3.05) is 36.8 Å². The summed E-state index contributed by atoms with van der Waals surface area (Å²) in [5, 5.41) is 0. The molecule has 3 rings (SSSR count). The largest absolute Gasteiger partial charge is 0.398 e. The van der Waals surface area contributed by atoms with Crippen molar-refractivity contribution in [3.63, 3.8) is 0 Å². The van der Waals surface area contributed by atoms with E-state index < -0.39 is 0 Å². The second-order valence-electron chi connectivity index (χ2n) is 5.41. The number of nitrogens with two attached hydrogens (primary N) is 1. The van der Waals surface area contributed by atoms with Gasteiger partial charge in [0, 0.05) is 42.4 Å². The van der Waals surface area contributed by atoms with Gasteiger partial charge in [0.2, 0.25) is 0 Å². The van der Waals surface area contributed by atoms with E-state index in [1.54, 1.807) is 0 Å². The molecule has 18 heavy (non-hydrogen) atoms. The van der Waals surface area contributed by atoms with E-state index in [1.807, 2.05) is 6.07 Å². The Morgan fingerprint density at radius 1 is 1.17 bits per heavy atom. The predicted octanol–water partition coefficient (Wildman–Crippen LogP) is 2.62. The van der Waals surface area contributed by atoms with E-state index >= 15 is 0 Å². The van der Waals surface area contributed by atoms with Gasteiger partial charge in [-0.05, 0) is 53.4 Å². The quantitative estimate of drug-likeness (QED) is 0.852. The Kier molecular flexibility index (Phi) is 3.24. The van der Waals surface area contributed by atoms with Crippen molar-refractivity contribution in [1.82, 2.24) is 4.90 Å². The van der Waals surface area contributed by atoms with Crippen LogP contribution in [-0.4, -0.2) is 37.1 Å². The van der Waals surface area contributed by atoms with Gasteiger partial charge in [0.15, 0.2) is 0 Å². The van der Waals surface area contributed by atoms with Gasteiger partial charge in [-0.15, -0.1) is 0 Å². The van der Waals surface area contributed by atoms with E-state index in [-0.39, 0.29) is 0 Å². The average molecular weight is 310 g/mol. The van der Waals surface area contributed by atoms with Gasteiger partial charge in [-0.2, -0.15) is 0 Å². The standard InChI is InChI=1S/C14H20BrN3/c1-10-8-14(12(15)9-13(10)16)18-6-4-17(5-7-18)11-2-3-11/h8-9,11H,2-7,16H2,1H3. The molecule has 0 amide bonds. The molecule has 0 unspecified atom stereocenters. The SMILES string of the molecule is Cc1cc(N2CCN(C3CC3)CC2)c(Br)cc1N. The number of nitrogen functional groups attached to an aromatic ring is 1. The first-order valence-electron chi connectivity index (χ1n) is 6.70. The molecule has 0 radical (unpaired) electrons. The van der Waals surface area contributed by atoms with Crippen LogP contribution in [0.4, 0.5) is 11.4 Å². The second kappa shape index (κ2) is 4.74. The summed E-state index contributed by atoms with van der Waals surface area (Å²) in [5.74, 6) is 0. The Morgan fingerprint density at radius 2 is 1.83 bits per heavy atom. The van der Waals surface area contributed by atoms with Gasteiger partial charge in [0.05, 0.1) is 5.69 Å². The van der Waals surface area contributed by atoms with Crippen LogP contribution >= 0.6 is 15.9 Å². The zero-order valence-electron chi connectivity index (χ0n) is 10.8. The molecule has 2 fully saturated rings. The van der Waals surface area contributed by atoms with Crippen LogP contribution in [-0.2, 0) is 0 Å². The topological polar surface area (TPSA) is 32.5 Å². The predicted molar refractivity (Wildman–Crippen MR) is 80.1 cm³/mol. The van der Waals surface area contributed by atoms with Crippen LogP contribution in [0.3, 0.4) is 0 Å². The second-order valence-corrected chi connectivity index (χ2v) is 6.27. The normalized spacial score (nSPS) is 21.3. The summed E-state index contributed by atoms with van der Waals surface area (Å²) in [5.41, 5.74) is 9.25. The molecular weight excluding hydrogens is 290 g/mol. The van der Waals surface area contributed by atoms with E-state index in [0.717, 1.165) is 34.9 Å². The third kappa shape index (κ3) is 2.36. The fourth-order valence-corrected chi connectivity index (χ4v) is 3.30. The highest BCUT2D eigenvalue weighted by atomic mass is 79.9. The minimum Gasteiger partial charge on any atom is -0.398 e. The average Bonchev–Trinajstić information content (AvgIpc) is 3.18. The van der Waals surface area contributed by atoms with Gasteiger partial charge in [0.25, 0.3) is 0 Å². The Balaban J connectivity index is 1.73. The fourth-order valence-electron chi connectivity index (χ4n) is 2.69. The van der Waals surface area contributed by atoms with Gasteiger partial charge in [-0.3, -0.25) is 4.90 Å². The van der Waals surface area contributed by atoms with Gasteiger partial charge in [-0.25, -0.2) is 0 Å². The van der Waals surface area contributed by atoms with Gasteiger partial charge < -0.3 is 10.6 Å². The zero-order valence-corrected chi connectivity index (χ0v) is 12.4. The van der Waals surface area contributed by atoms with E-state index in [4.69, 9.17) is 5.73 Å². The zero-order chi connectivity index (χ0) is 12.7. The molecule has 1 aliphatic heterocycles. The van der Waals surface area contributed by atoms with Crippen LogP contribution in [0.25, 0.3) is 0 Å². The lowest BCUT2D eigenvalue weighted by molar-refractivity contribution is 0.248. The molecule has 1 aliphatic carbocycles. The van der Waals surface area contributed by atoms with Crippen LogP contribution in [0, 0.1) is 6.92 Å². The summed E-state index contributed by atoms with van der Waals surface area (Å²) >= 11 is 3.64. The molecule has 1 heterocycles. The Hall–Kier alpha value is -0.740. The maximum atomic E-state index is 5.93. The number of anilines is 2. The van der Waals surface area contributed by atoms with Crippen molar-refractivity contribution < 1.29 is 0 Å². The first kappa shape index (κ1) is 12.3. The van der Waals surface area contributed by atoms with Crippen LogP contribution in [0.2, 0.25) is 0 Å². The lowest BCUT2D eigenvalue weighted by atomic mass is 10.1. The third-order valence-corrected chi connectivity index (χ3v) is 4.69. The van der Waals surface area contributed by atoms with Crippen molar-refractivity contribution in [2.24, 2.45) is 0 Å². The van der Waals surface area contributed by atoms with Gasteiger partial charge in [0.1, 0.15) is 0 Å². The monoisotopic (exact) mass is 309 g/mol. The van der Waals surface area contributed by atoms with Gasteiger partial charge in [-0.1, -0.05) is 0 Å². The van der Waals surface area contributed by atoms with Crippen LogP contribution in [0.15, 0.2) is 16.6 Å². The number of benzene rings is 1. The van der Waals surface area contributed by atoms with Crippen molar-refractivity contribution in [2.45, 2.75) is 25.8 Å². The Bertz CT molecular complexity index is 449. The summed E-state index contributed by atoms with van der Waals surface area (Å²) in [6, 6.07) is 5.12. The molecule has 98 valence electrons. The molecule has 0 aromatic heterocycles. The lowest BCUT2D eigenvalue weighted by Crippen LogP contribution is -2.47. The number of rotatable bonds is 2. The first-order chi connectivity index (χ1) is 8.65. The van der Waals surface area contributed by atoms with E-state index in [1.165, 1.54) is 31.6 Å². The van der Waals surface area contributed by atoms with E-state index in [0.29, 0.717) is 0 Å². The number of aryl methyl sites for hydroxylation is 1. The van der Waals surface area contributed by atoms with Crippen LogP contribution in [0.1, 0.15) is 18.4 Å². The minimum atomic E-state index is 0.863. The molecule has 2 aliphatic rings. The van der Waals surface area contributed by atoms with E-state index in [2.05, 4.69) is 38.7 Å². The summed E-state index contributed by atoms with van der Waals surface area (Å²) in [6.45, 7) is 6.71. The van der Waals surface area contributed by atoms with Gasteiger partial charge >= 0.3 is 0 Å². The minimum absolute atomic E-state index is 0.863. The maximum absolute atomic E-state index is 5.93. The molecular formula is C14H20BrN3. The highest BCUT2D eigenvalue weighted by Crippen LogP contribution is 2.33. The molecule has 0 atom stereocenters. The summed E-state index contributed by atoms with van der Waals surface area (Å²) in [4.78, 5) is 5.10. The van der Waals surface area contributed by atoms with Crippen LogP contribution in [0.5, 0.6) is 0 Å². The third-order valence-electron chi connectivity index (χ3n) is 4.05. The number of nitrogens with zero attached hydrogens (tertiary/aromatic N) is 2. The molecule has 0 spiro atoms.